The van der Waals surface area contributed by atoms with Gasteiger partial charge in [0.05, 0.1) is 7.11 Å². The van der Waals surface area contributed by atoms with E-state index in [0.717, 1.165) is 10.5 Å². The summed E-state index contributed by atoms with van der Waals surface area (Å²) in [4.78, 5) is 37.9. The Kier molecular flexibility index (Phi) is 5.71. The second kappa shape index (κ2) is 8.35. The summed E-state index contributed by atoms with van der Waals surface area (Å²) in [6.07, 6.45) is -0.418. The van der Waals surface area contributed by atoms with Crippen LogP contribution in [0.15, 0.2) is 54.6 Å². The van der Waals surface area contributed by atoms with Crippen molar-refractivity contribution >= 4 is 23.6 Å². The molecule has 140 valence electrons. The topological polar surface area (TPSA) is 84.9 Å². The van der Waals surface area contributed by atoms with Crippen LogP contribution >= 0.6 is 0 Å². The Morgan fingerprint density at radius 2 is 1.81 bits per heavy atom. The summed E-state index contributed by atoms with van der Waals surface area (Å²) >= 11 is 0. The molecule has 3 rings (SSSR count). The van der Waals surface area contributed by atoms with E-state index >= 15 is 0 Å². The minimum Gasteiger partial charge on any atom is -0.497 e. The highest BCUT2D eigenvalue weighted by atomic mass is 16.6. The first-order valence-corrected chi connectivity index (χ1v) is 8.56. The first-order valence-electron chi connectivity index (χ1n) is 8.56. The molecule has 2 aromatic carbocycles. The lowest BCUT2D eigenvalue weighted by Gasteiger charge is -2.21. The lowest BCUT2D eigenvalue weighted by molar-refractivity contribution is -0.131. The van der Waals surface area contributed by atoms with Crippen molar-refractivity contribution in [2.75, 3.05) is 12.4 Å². The summed E-state index contributed by atoms with van der Waals surface area (Å²) in [5, 5.41) is 2.72. The fourth-order valence-corrected chi connectivity index (χ4v) is 2.85. The van der Waals surface area contributed by atoms with Crippen LogP contribution < -0.4 is 10.1 Å². The van der Waals surface area contributed by atoms with Crippen LogP contribution in [-0.2, 0) is 20.9 Å². The van der Waals surface area contributed by atoms with Crippen molar-refractivity contribution in [2.24, 2.45) is 0 Å². The van der Waals surface area contributed by atoms with E-state index in [4.69, 9.17) is 9.47 Å². The molecule has 3 amide bonds. The molecule has 0 bridgehead atoms. The van der Waals surface area contributed by atoms with E-state index in [1.54, 1.807) is 31.4 Å². The predicted molar refractivity (Wildman–Crippen MR) is 98.1 cm³/mol. The Labute approximate surface area is 156 Å². The monoisotopic (exact) mass is 368 g/mol. The van der Waals surface area contributed by atoms with Crippen molar-refractivity contribution in [3.05, 3.63) is 60.2 Å². The number of carbonyl (C=O) groups is 3. The van der Waals surface area contributed by atoms with Gasteiger partial charge in [0.2, 0.25) is 11.8 Å². The van der Waals surface area contributed by atoms with Crippen LogP contribution in [0.5, 0.6) is 5.75 Å². The largest absolute Gasteiger partial charge is 0.497 e. The van der Waals surface area contributed by atoms with E-state index in [-0.39, 0.29) is 19.4 Å². The van der Waals surface area contributed by atoms with Gasteiger partial charge in [-0.2, -0.15) is 0 Å². The smallest absolute Gasteiger partial charge is 0.417 e. The van der Waals surface area contributed by atoms with Gasteiger partial charge in [-0.15, -0.1) is 0 Å². The predicted octanol–water partition coefficient (Wildman–Crippen LogP) is 2.96. The first-order chi connectivity index (χ1) is 13.1. The van der Waals surface area contributed by atoms with E-state index in [2.05, 4.69) is 5.32 Å². The molecule has 1 atom stereocenters. The van der Waals surface area contributed by atoms with Crippen LogP contribution in [0, 0.1) is 0 Å². The maximum atomic E-state index is 12.6. The van der Waals surface area contributed by atoms with Gasteiger partial charge in [0, 0.05) is 12.1 Å². The number of methoxy groups -OCH3 is 1. The van der Waals surface area contributed by atoms with Gasteiger partial charge in [-0.25, -0.2) is 9.69 Å². The third kappa shape index (κ3) is 4.44. The Morgan fingerprint density at radius 3 is 2.48 bits per heavy atom. The summed E-state index contributed by atoms with van der Waals surface area (Å²) in [5.74, 6) is -0.180. The van der Waals surface area contributed by atoms with Crippen molar-refractivity contribution in [1.82, 2.24) is 4.90 Å². The average Bonchev–Trinajstić information content (AvgIpc) is 3.09. The second-order valence-corrected chi connectivity index (χ2v) is 6.08. The number of benzene rings is 2. The fraction of sp³-hybridized carbons (Fsp3) is 0.250. The van der Waals surface area contributed by atoms with E-state index in [1.807, 2.05) is 30.3 Å². The van der Waals surface area contributed by atoms with Gasteiger partial charge in [0.1, 0.15) is 18.4 Å². The van der Waals surface area contributed by atoms with Crippen LogP contribution in [0.2, 0.25) is 0 Å². The molecule has 0 saturated carbocycles. The van der Waals surface area contributed by atoms with Gasteiger partial charge in [0.15, 0.2) is 0 Å². The van der Waals surface area contributed by atoms with Crippen molar-refractivity contribution in [1.29, 1.82) is 0 Å². The van der Waals surface area contributed by atoms with Crippen molar-refractivity contribution in [3.8, 4) is 5.75 Å². The number of hydrogen-bond acceptors (Lipinski definition) is 5. The van der Waals surface area contributed by atoms with Crippen LogP contribution in [0.1, 0.15) is 18.4 Å². The standard InChI is InChI=1S/C20H20N2O5/c1-26-16-9-7-15(8-10-16)21-19(24)17-11-12-18(23)22(17)20(25)27-13-14-5-3-2-4-6-14/h2-10,17H,11-13H2,1H3,(H,21,24)/t17-/m1/s1. The van der Waals surface area contributed by atoms with E-state index in [9.17, 15) is 14.4 Å². The third-order valence-electron chi connectivity index (χ3n) is 4.27. The highest BCUT2D eigenvalue weighted by Crippen LogP contribution is 2.23. The van der Waals surface area contributed by atoms with Gasteiger partial charge >= 0.3 is 6.09 Å². The van der Waals surface area contributed by atoms with E-state index in [0.29, 0.717) is 11.4 Å². The summed E-state index contributed by atoms with van der Waals surface area (Å²) < 4.78 is 10.3. The van der Waals surface area contributed by atoms with Gasteiger partial charge in [-0.05, 0) is 36.2 Å². The summed E-state index contributed by atoms with van der Waals surface area (Å²) in [7, 11) is 1.55. The zero-order valence-electron chi connectivity index (χ0n) is 14.9. The highest BCUT2D eigenvalue weighted by molar-refractivity contribution is 6.04. The van der Waals surface area contributed by atoms with Gasteiger partial charge in [0.25, 0.3) is 0 Å². The minimum atomic E-state index is -0.886. The summed E-state index contributed by atoms with van der Waals surface area (Å²) in [5.41, 5.74) is 1.36. The number of rotatable bonds is 5. The molecular weight excluding hydrogens is 348 g/mol. The Bertz CT molecular complexity index is 820. The molecule has 0 radical (unpaired) electrons. The van der Waals surface area contributed by atoms with Crippen molar-refractivity contribution in [3.63, 3.8) is 0 Å². The zero-order valence-corrected chi connectivity index (χ0v) is 14.9. The fourth-order valence-electron chi connectivity index (χ4n) is 2.85. The van der Waals surface area contributed by atoms with Crippen LogP contribution in [0.3, 0.4) is 0 Å². The zero-order chi connectivity index (χ0) is 19.2. The Balaban J connectivity index is 1.63. The number of hydrogen-bond donors (Lipinski definition) is 1. The Morgan fingerprint density at radius 1 is 1.11 bits per heavy atom. The molecule has 0 aromatic heterocycles. The molecular formula is C20H20N2O5. The van der Waals surface area contributed by atoms with Crippen molar-refractivity contribution < 1.29 is 23.9 Å². The second-order valence-electron chi connectivity index (χ2n) is 6.08. The molecule has 2 aromatic rings. The molecule has 7 nitrogen and oxygen atoms in total. The molecule has 1 N–H and O–H groups in total. The number of imide groups is 1. The average molecular weight is 368 g/mol. The van der Waals surface area contributed by atoms with Crippen LogP contribution in [0.4, 0.5) is 10.5 Å². The van der Waals surface area contributed by atoms with E-state index < -0.39 is 23.9 Å². The van der Waals surface area contributed by atoms with Gasteiger partial charge in [-0.1, -0.05) is 30.3 Å². The maximum Gasteiger partial charge on any atom is 0.417 e. The van der Waals surface area contributed by atoms with E-state index in [1.165, 1.54) is 0 Å². The number of likely N-dealkylation sites (tertiary alicyclic amines) is 1. The third-order valence-corrected chi connectivity index (χ3v) is 4.27. The lowest BCUT2D eigenvalue weighted by Crippen LogP contribution is -2.45. The van der Waals surface area contributed by atoms with Gasteiger partial charge < -0.3 is 14.8 Å². The maximum absolute atomic E-state index is 12.6. The van der Waals surface area contributed by atoms with Crippen LogP contribution in [-0.4, -0.2) is 36.0 Å². The molecule has 0 unspecified atom stereocenters. The number of nitrogens with one attached hydrogen (secondary N) is 1. The van der Waals surface area contributed by atoms with Crippen molar-refractivity contribution in [2.45, 2.75) is 25.5 Å². The highest BCUT2D eigenvalue weighted by Gasteiger charge is 2.41. The quantitative estimate of drug-likeness (QED) is 0.877. The minimum absolute atomic E-state index is 0.0380. The molecule has 1 aliphatic heterocycles. The molecule has 7 heteroatoms. The number of anilines is 1. The summed E-state index contributed by atoms with van der Waals surface area (Å²) in [6.45, 7) is 0.0380. The number of amides is 3. The molecule has 1 heterocycles. The molecule has 27 heavy (non-hydrogen) atoms. The van der Waals surface area contributed by atoms with Gasteiger partial charge in [-0.3, -0.25) is 9.59 Å². The SMILES string of the molecule is COc1ccc(NC(=O)[C@H]2CCC(=O)N2C(=O)OCc2ccccc2)cc1. The number of carbonyl (C=O) groups excluding carboxylic acids is 3. The molecule has 1 aliphatic rings. The molecule has 0 aliphatic carbocycles. The Hall–Kier alpha value is -3.35. The van der Waals surface area contributed by atoms with Crippen LogP contribution in [0.25, 0.3) is 0 Å². The molecule has 1 saturated heterocycles. The lowest BCUT2D eigenvalue weighted by atomic mass is 10.2. The summed E-state index contributed by atoms with van der Waals surface area (Å²) in [6, 6.07) is 15.0. The molecule has 0 spiro atoms. The number of nitrogens with zero attached hydrogens (tertiary/aromatic N) is 1. The number of ether oxygens (including phenoxy) is 2. The first kappa shape index (κ1) is 18.4. The normalized spacial score (nSPS) is 16.1. The molecule has 1 fully saturated rings.